The molecule has 2 rings (SSSR count). The molecule has 1 N–H and O–H groups in total. The Morgan fingerprint density at radius 3 is 2.33 bits per heavy atom. The quantitative estimate of drug-likeness (QED) is 0.859. The lowest BCUT2D eigenvalue weighted by Crippen LogP contribution is -2.18. The largest absolute Gasteiger partial charge is 0.309 e. The molecule has 0 spiro atoms. The number of benzene rings is 1. The Balaban J connectivity index is 2.52. The van der Waals surface area contributed by atoms with Crippen molar-refractivity contribution in [2.45, 2.75) is 26.8 Å². The van der Waals surface area contributed by atoms with Gasteiger partial charge in [0.15, 0.2) is 0 Å². The van der Waals surface area contributed by atoms with Crippen LogP contribution in [0.4, 0.5) is 0 Å². The van der Waals surface area contributed by atoms with Crippen molar-refractivity contribution in [1.29, 1.82) is 0 Å². The molecule has 0 aliphatic heterocycles. The molecule has 18 heavy (non-hydrogen) atoms. The van der Waals surface area contributed by atoms with Crippen LogP contribution in [0.5, 0.6) is 0 Å². The van der Waals surface area contributed by atoms with E-state index < -0.39 is 0 Å². The van der Waals surface area contributed by atoms with E-state index in [2.05, 4.69) is 65.6 Å². The predicted octanol–water partition coefficient (Wildman–Crippen LogP) is 4.74. The molecule has 1 aromatic heterocycles. The van der Waals surface area contributed by atoms with Crippen LogP contribution >= 0.6 is 27.3 Å². The van der Waals surface area contributed by atoms with Gasteiger partial charge in [0.05, 0.1) is 6.04 Å². The maximum Gasteiger partial charge on any atom is 0.0682 e. The van der Waals surface area contributed by atoms with E-state index >= 15 is 0 Å². The molecule has 0 aliphatic rings. The third-order valence-electron chi connectivity index (χ3n) is 3.39. The first-order valence-electron chi connectivity index (χ1n) is 6.02. The molecule has 3 heteroatoms. The highest BCUT2D eigenvalue weighted by Crippen LogP contribution is 2.34. The molecule has 1 heterocycles. The second kappa shape index (κ2) is 5.55. The van der Waals surface area contributed by atoms with E-state index in [-0.39, 0.29) is 6.04 Å². The summed E-state index contributed by atoms with van der Waals surface area (Å²) in [5.74, 6) is 0. The zero-order valence-electron chi connectivity index (χ0n) is 11.2. The van der Waals surface area contributed by atoms with Crippen LogP contribution in [0, 0.1) is 20.8 Å². The van der Waals surface area contributed by atoms with Crippen molar-refractivity contribution >= 4 is 27.3 Å². The van der Waals surface area contributed by atoms with Crippen molar-refractivity contribution in [2.75, 3.05) is 7.05 Å². The monoisotopic (exact) mass is 323 g/mol. The highest BCUT2D eigenvalue weighted by atomic mass is 79.9. The summed E-state index contributed by atoms with van der Waals surface area (Å²) in [6, 6.07) is 6.95. The van der Waals surface area contributed by atoms with Crippen molar-refractivity contribution in [3.05, 3.63) is 55.2 Å². The van der Waals surface area contributed by atoms with Crippen LogP contribution in [0.1, 0.15) is 33.2 Å². The SMILES string of the molecule is CNC(c1cc(C)c(C)cc1C)c1sccc1Br. The van der Waals surface area contributed by atoms with Crippen LogP contribution in [0.25, 0.3) is 0 Å². The molecule has 0 fully saturated rings. The molecule has 0 bridgehead atoms. The Morgan fingerprint density at radius 2 is 1.78 bits per heavy atom. The summed E-state index contributed by atoms with van der Waals surface area (Å²) in [5.41, 5.74) is 5.42. The summed E-state index contributed by atoms with van der Waals surface area (Å²) in [7, 11) is 2.02. The average Bonchev–Trinajstić information content (AvgIpc) is 2.73. The first-order chi connectivity index (χ1) is 8.54. The summed E-state index contributed by atoms with van der Waals surface area (Å²) in [4.78, 5) is 1.34. The molecule has 1 unspecified atom stereocenters. The third-order valence-corrected chi connectivity index (χ3v) is 5.32. The summed E-state index contributed by atoms with van der Waals surface area (Å²) >= 11 is 5.42. The minimum absolute atomic E-state index is 0.263. The van der Waals surface area contributed by atoms with E-state index in [1.54, 1.807) is 11.3 Å². The van der Waals surface area contributed by atoms with Gasteiger partial charge in [0.1, 0.15) is 0 Å². The van der Waals surface area contributed by atoms with E-state index in [0.717, 1.165) is 0 Å². The van der Waals surface area contributed by atoms with Crippen LogP contribution in [-0.4, -0.2) is 7.05 Å². The summed E-state index contributed by atoms with van der Waals surface area (Å²) in [6.45, 7) is 6.53. The van der Waals surface area contributed by atoms with Crippen molar-refractivity contribution in [3.63, 3.8) is 0 Å². The van der Waals surface area contributed by atoms with Crippen LogP contribution in [0.3, 0.4) is 0 Å². The van der Waals surface area contributed by atoms with Crippen LogP contribution in [0.15, 0.2) is 28.1 Å². The van der Waals surface area contributed by atoms with Gasteiger partial charge in [0.2, 0.25) is 0 Å². The molecule has 0 radical (unpaired) electrons. The molecule has 0 saturated carbocycles. The zero-order valence-corrected chi connectivity index (χ0v) is 13.6. The fraction of sp³-hybridized carbons (Fsp3) is 0.333. The number of hydrogen-bond donors (Lipinski definition) is 1. The minimum Gasteiger partial charge on any atom is -0.309 e. The second-order valence-electron chi connectivity index (χ2n) is 4.65. The number of aryl methyl sites for hydroxylation is 3. The van der Waals surface area contributed by atoms with Gasteiger partial charge in [0, 0.05) is 9.35 Å². The van der Waals surface area contributed by atoms with Gasteiger partial charge in [-0.3, -0.25) is 0 Å². The average molecular weight is 324 g/mol. The van der Waals surface area contributed by atoms with E-state index in [9.17, 15) is 0 Å². The molecule has 1 aromatic carbocycles. The van der Waals surface area contributed by atoms with Crippen LogP contribution in [0.2, 0.25) is 0 Å². The van der Waals surface area contributed by atoms with E-state index in [4.69, 9.17) is 0 Å². The van der Waals surface area contributed by atoms with E-state index in [0.29, 0.717) is 0 Å². The molecule has 0 aliphatic carbocycles. The number of halogens is 1. The van der Waals surface area contributed by atoms with Crippen LogP contribution < -0.4 is 5.32 Å². The van der Waals surface area contributed by atoms with Gasteiger partial charge in [-0.1, -0.05) is 12.1 Å². The molecule has 0 saturated heterocycles. The Hall–Kier alpha value is -0.640. The maximum absolute atomic E-state index is 3.63. The molecular formula is C15H18BrNS. The normalized spacial score (nSPS) is 12.7. The van der Waals surface area contributed by atoms with E-state index in [1.807, 2.05) is 7.05 Å². The standard InChI is InChI=1S/C15H18BrNS/c1-9-7-11(3)12(8-10(9)2)14(17-4)15-13(16)5-6-18-15/h5-8,14,17H,1-4H3. The van der Waals surface area contributed by atoms with Gasteiger partial charge < -0.3 is 5.32 Å². The Kier molecular flexibility index (Phi) is 4.25. The number of thiophene rings is 1. The van der Waals surface area contributed by atoms with Crippen molar-refractivity contribution in [3.8, 4) is 0 Å². The van der Waals surface area contributed by atoms with Gasteiger partial charge in [-0.2, -0.15) is 0 Å². The number of nitrogens with one attached hydrogen (secondary N) is 1. The zero-order chi connectivity index (χ0) is 13.3. The third kappa shape index (κ3) is 2.53. The Morgan fingerprint density at radius 1 is 1.11 bits per heavy atom. The van der Waals surface area contributed by atoms with Gasteiger partial charge in [-0.15, -0.1) is 11.3 Å². The molecule has 2 aromatic rings. The van der Waals surface area contributed by atoms with Crippen molar-refractivity contribution in [2.24, 2.45) is 0 Å². The van der Waals surface area contributed by atoms with E-state index in [1.165, 1.54) is 31.6 Å². The first kappa shape index (κ1) is 13.8. The topological polar surface area (TPSA) is 12.0 Å². The molecule has 1 nitrogen and oxygen atoms in total. The fourth-order valence-electron chi connectivity index (χ4n) is 2.23. The summed E-state index contributed by atoms with van der Waals surface area (Å²) < 4.78 is 1.18. The number of hydrogen-bond acceptors (Lipinski definition) is 2. The van der Waals surface area contributed by atoms with Crippen LogP contribution in [-0.2, 0) is 0 Å². The first-order valence-corrected chi connectivity index (χ1v) is 7.69. The lowest BCUT2D eigenvalue weighted by molar-refractivity contribution is 0.696. The smallest absolute Gasteiger partial charge is 0.0682 e. The highest BCUT2D eigenvalue weighted by Gasteiger charge is 2.18. The van der Waals surface area contributed by atoms with Gasteiger partial charge in [0.25, 0.3) is 0 Å². The van der Waals surface area contributed by atoms with Gasteiger partial charge in [-0.05, 0) is 77.4 Å². The fourth-order valence-corrected chi connectivity index (χ4v) is 3.96. The lowest BCUT2D eigenvalue weighted by atomic mass is 9.95. The number of rotatable bonds is 3. The molecule has 1 atom stereocenters. The lowest BCUT2D eigenvalue weighted by Gasteiger charge is -2.20. The highest BCUT2D eigenvalue weighted by molar-refractivity contribution is 9.10. The maximum atomic E-state index is 3.63. The van der Waals surface area contributed by atoms with Gasteiger partial charge in [-0.25, -0.2) is 0 Å². The Labute approximate surface area is 121 Å². The second-order valence-corrected chi connectivity index (χ2v) is 6.45. The molecular weight excluding hydrogens is 306 g/mol. The van der Waals surface area contributed by atoms with Crippen molar-refractivity contribution in [1.82, 2.24) is 5.32 Å². The Bertz CT molecular complexity index is 560. The van der Waals surface area contributed by atoms with Gasteiger partial charge >= 0.3 is 0 Å². The van der Waals surface area contributed by atoms with Crippen molar-refractivity contribution < 1.29 is 0 Å². The minimum atomic E-state index is 0.263. The summed E-state index contributed by atoms with van der Waals surface area (Å²) in [6.07, 6.45) is 0. The molecule has 0 amide bonds. The summed E-state index contributed by atoms with van der Waals surface area (Å²) in [5, 5.41) is 5.55. The molecule has 96 valence electrons. The predicted molar refractivity (Wildman–Crippen MR) is 83.6 cm³/mol.